The fraction of sp³-hybridized carbons (Fsp3) is 0.286. The number of aromatic nitrogens is 3. The first-order valence-electron chi connectivity index (χ1n) is 6.65. The molecule has 0 spiro atoms. The highest BCUT2D eigenvalue weighted by molar-refractivity contribution is 5.55. The van der Waals surface area contributed by atoms with Crippen LogP contribution >= 0.6 is 0 Å². The fourth-order valence-electron chi connectivity index (χ4n) is 2.05. The molecule has 0 amide bonds. The average molecular weight is 282 g/mol. The third-order valence-corrected chi connectivity index (χ3v) is 3.15. The van der Waals surface area contributed by atoms with Crippen LogP contribution in [0, 0.1) is 11.3 Å². The van der Waals surface area contributed by atoms with Crippen molar-refractivity contribution in [2.45, 2.75) is 0 Å². The van der Waals surface area contributed by atoms with Crippen molar-refractivity contribution in [3.8, 4) is 6.07 Å². The lowest BCUT2D eigenvalue weighted by Gasteiger charge is -2.27. The topological polar surface area (TPSA) is 87.0 Å². The maximum absolute atomic E-state index is 8.78. The molecule has 2 heterocycles. The zero-order chi connectivity index (χ0) is 14.5. The molecule has 2 aromatic rings. The minimum absolute atomic E-state index is 0.434. The van der Waals surface area contributed by atoms with Crippen LogP contribution < -0.4 is 10.2 Å². The predicted molar refractivity (Wildman–Crippen MR) is 77.3 cm³/mol. The molecule has 1 N–H and O–H groups in total. The van der Waals surface area contributed by atoms with Crippen LogP contribution in [0.4, 0.5) is 17.5 Å². The van der Waals surface area contributed by atoms with E-state index in [9.17, 15) is 0 Å². The van der Waals surface area contributed by atoms with Gasteiger partial charge in [-0.15, -0.1) is 5.10 Å². The molecule has 1 aliphatic rings. The Bertz CT molecular complexity index is 645. The van der Waals surface area contributed by atoms with Gasteiger partial charge in [0.1, 0.15) is 0 Å². The van der Waals surface area contributed by atoms with E-state index in [1.165, 1.54) is 0 Å². The van der Waals surface area contributed by atoms with Gasteiger partial charge in [-0.2, -0.15) is 15.3 Å². The summed E-state index contributed by atoms with van der Waals surface area (Å²) in [5, 5.41) is 19.8. The van der Waals surface area contributed by atoms with Gasteiger partial charge in [0.05, 0.1) is 31.0 Å². The van der Waals surface area contributed by atoms with E-state index in [1.807, 2.05) is 12.1 Å². The minimum Gasteiger partial charge on any atom is -0.378 e. The van der Waals surface area contributed by atoms with Crippen LogP contribution in [0.3, 0.4) is 0 Å². The van der Waals surface area contributed by atoms with Crippen molar-refractivity contribution in [2.75, 3.05) is 36.5 Å². The summed E-state index contributed by atoms with van der Waals surface area (Å²) in [7, 11) is 0. The molecule has 0 saturated carbocycles. The Hall–Kier alpha value is -2.72. The molecule has 7 heteroatoms. The van der Waals surface area contributed by atoms with Gasteiger partial charge in [0.2, 0.25) is 5.95 Å². The number of rotatable bonds is 3. The summed E-state index contributed by atoms with van der Waals surface area (Å²) in [6.45, 7) is 2.99. The van der Waals surface area contributed by atoms with Crippen molar-refractivity contribution in [2.24, 2.45) is 0 Å². The molecular formula is C14H14N6O. The number of nitriles is 1. The lowest BCUT2D eigenvalue weighted by Crippen LogP contribution is -2.36. The largest absolute Gasteiger partial charge is 0.378 e. The summed E-state index contributed by atoms with van der Waals surface area (Å²) in [5.74, 6) is 1.22. The summed E-state index contributed by atoms with van der Waals surface area (Å²) in [5.41, 5.74) is 1.43. The number of nitrogens with one attached hydrogen (secondary N) is 1. The maximum atomic E-state index is 8.78. The van der Waals surface area contributed by atoms with Crippen molar-refractivity contribution in [1.82, 2.24) is 15.2 Å². The molecule has 21 heavy (non-hydrogen) atoms. The van der Waals surface area contributed by atoms with E-state index in [0.29, 0.717) is 24.7 Å². The van der Waals surface area contributed by atoms with Crippen LogP contribution in [0.15, 0.2) is 30.5 Å². The number of morpholine rings is 1. The molecule has 106 valence electrons. The van der Waals surface area contributed by atoms with Crippen LogP contribution in [0.2, 0.25) is 0 Å². The quantitative estimate of drug-likeness (QED) is 0.908. The Morgan fingerprint density at radius 2 is 1.95 bits per heavy atom. The molecule has 1 aliphatic heterocycles. The summed E-state index contributed by atoms with van der Waals surface area (Å²) >= 11 is 0. The van der Waals surface area contributed by atoms with E-state index in [-0.39, 0.29) is 0 Å². The Balaban J connectivity index is 1.74. The highest BCUT2D eigenvalue weighted by Gasteiger charge is 2.13. The van der Waals surface area contributed by atoms with Crippen molar-refractivity contribution < 1.29 is 4.74 Å². The van der Waals surface area contributed by atoms with E-state index in [1.54, 1.807) is 18.3 Å². The summed E-state index contributed by atoms with van der Waals surface area (Å²) in [6, 6.07) is 9.17. The van der Waals surface area contributed by atoms with Crippen LogP contribution in [0.1, 0.15) is 5.56 Å². The van der Waals surface area contributed by atoms with Gasteiger partial charge in [0, 0.05) is 18.8 Å². The Kier molecular flexibility index (Phi) is 3.89. The standard InChI is InChI=1S/C14H14N6O/c15-9-11-1-3-12(4-2-11)17-14-18-13(10-16-19-14)20-5-7-21-8-6-20/h1-4,10H,5-8H2,(H,17,18,19). The monoisotopic (exact) mass is 282 g/mol. The Labute approximate surface area is 122 Å². The molecule has 0 bridgehead atoms. The molecule has 0 radical (unpaired) electrons. The molecule has 1 saturated heterocycles. The predicted octanol–water partition coefficient (Wildman–Crippen LogP) is 1.32. The van der Waals surface area contributed by atoms with Crippen molar-refractivity contribution in [1.29, 1.82) is 5.26 Å². The van der Waals surface area contributed by atoms with E-state index >= 15 is 0 Å². The Morgan fingerprint density at radius 1 is 1.19 bits per heavy atom. The van der Waals surface area contributed by atoms with Crippen molar-refractivity contribution >= 4 is 17.5 Å². The molecule has 0 atom stereocenters. The minimum atomic E-state index is 0.434. The molecular weight excluding hydrogens is 268 g/mol. The second-order valence-electron chi connectivity index (χ2n) is 4.55. The van der Waals surface area contributed by atoms with Gasteiger partial charge in [-0.25, -0.2) is 0 Å². The second kappa shape index (κ2) is 6.15. The van der Waals surface area contributed by atoms with E-state index in [0.717, 1.165) is 24.6 Å². The van der Waals surface area contributed by atoms with Crippen LogP contribution in [-0.4, -0.2) is 41.5 Å². The lowest BCUT2D eigenvalue weighted by atomic mass is 10.2. The zero-order valence-corrected chi connectivity index (χ0v) is 11.4. The molecule has 3 rings (SSSR count). The number of nitrogens with zero attached hydrogens (tertiary/aromatic N) is 5. The number of benzene rings is 1. The molecule has 1 aromatic carbocycles. The van der Waals surface area contributed by atoms with Gasteiger partial charge in [-0.1, -0.05) is 0 Å². The summed E-state index contributed by atoms with van der Waals surface area (Å²) in [6.07, 6.45) is 1.65. The SMILES string of the molecule is N#Cc1ccc(Nc2nncc(N3CCOCC3)n2)cc1. The van der Waals surface area contributed by atoms with Crippen LogP contribution in [0.5, 0.6) is 0 Å². The van der Waals surface area contributed by atoms with E-state index in [2.05, 4.69) is 31.5 Å². The van der Waals surface area contributed by atoms with E-state index in [4.69, 9.17) is 10.00 Å². The highest BCUT2D eigenvalue weighted by Crippen LogP contribution is 2.16. The first-order valence-corrected chi connectivity index (χ1v) is 6.65. The second-order valence-corrected chi connectivity index (χ2v) is 4.55. The average Bonchev–Trinajstić information content (AvgIpc) is 2.57. The van der Waals surface area contributed by atoms with E-state index < -0.39 is 0 Å². The normalized spacial score (nSPS) is 14.5. The van der Waals surface area contributed by atoms with Crippen LogP contribution in [-0.2, 0) is 4.74 Å². The molecule has 0 unspecified atom stereocenters. The fourth-order valence-corrected chi connectivity index (χ4v) is 2.05. The summed E-state index contributed by atoms with van der Waals surface area (Å²) in [4.78, 5) is 6.57. The first-order chi connectivity index (χ1) is 10.3. The van der Waals surface area contributed by atoms with Gasteiger partial charge in [0.25, 0.3) is 0 Å². The smallest absolute Gasteiger partial charge is 0.249 e. The molecule has 1 fully saturated rings. The third-order valence-electron chi connectivity index (χ3n) is 3.15. The summed E-state index contributed by atoms with van der Waals surface area (Å²) < 4.78 is 5.32. The van der Waals surface area contributed by atoms with Gasteiger partial charge in [-0.05, 0) is 24.3 Å². The molecule has 1 aromatic heterocycles. The van der Waals surface area contributed by atoms with Crippen molar-refractivity contribution in [3.63, 3.8) is 0 Å². The van der Waals surface area contributed by atoms with Crippen LogP contribution in [0.25, 0.3) is 0 Å². The number of anilines is 3. The zero-order valence-electron chi connectivity index (χ0n) is 11.4. The van der Waals surface area contributed by atoms with Gasteiger partial charge in [0.15, 0.2) is 5.82 Å². The third kappa shape index (κ3) is 3.24. The lowest BCUT2D eigenvalue weighted by molar-refractivity contribution is 0.122. The first kappa shape index (κ1) is 13.3. The van der Waals surface area contributed by atoms with Gasteiger partial charge >= 0.3 is 0 Å². The van der Waals surface area contributed by atoms with Gasteiger partial charge < -0.3 is 15.0 Å². The maximum Gasteiger partial charge on any atom is 0.249 e. The highest BCUT2D eigenvalue weighted by atomic mass is 16.5. The number of ether oxygens (including phenoxy) is 1. The van der Waals surface area contributed by atoms with Gasteiger partial charge in [-0.3, -0.25) is 0 Å². The Morgan fingerprint density at radius 3 is 2.67 bits per heavy atom. The number of hydrogen-bond donors (Lipinski definition) is 1. The molecule has 0 aliphatic carbocycles. The molecule has 7 nitrogen and oxygen atoms in total. The number of hydrogen-bond acceptors (Lipinski definition) is 7. The van der Waals surface area contributed by atoms with Crippen molar-refractivity contribution in [3.05, 3.63) is 36.0 Å².